The Bertz CT molecular complexity index is 245. The minimum atomic E-state index is -4.31. The maximum atomic E-state index is 11.9. The van der Waals surface area contributed by atoms with E-state index >= 15 is 0 Å². The van der Waals surface area contributed by atoms with Crippen LogP contribution in [0.1, 0.15) is 12.8 Å². The lowest BCUT2D eigenvalue weighted by atomic mass is 10.2. The first-order chi connectivity index (χ1) is 7.42. The maximum Gasteiger partial charge on any atom is 0.389 e. The molecule has 4 nitrogen and oxygen atoms in total. The summed E-state index contributed by atoms with van der Waals surface area (Å²) in [7, 11) is 0. The molecule has 0 aliphatic carbocycles. The van der Waals surface area contributed by atoms with Gasteiger partial charge in [-0.3, -0.25) is 4.79 Å². The van der Waals surface area contributed by atoms with Crippen LogP contribution in [-0.4, -0.2) is 54.5 Å². The fourth-order valence-corrected chi connectivity index (χ4v) is 1.46. The number of hydrogen-bond acceptors (Lipinski definition) is 3. The van der Waals surface area contributed by atoms with Crippen LogP contribution in [-0.2, 0) is 9.53 Å². The highest BCUT2D eigenvalue weighted by atomic mass is 19.4. The van der Waals surface area contributed by atoms with E-state index in [-0.39, 0.29) is 26.3 Å². The van der Waals surface area contributed by atoms with E-state index in [0.717, 1.165) is 0 Å². The van der Waals surface area contributed by atoms with Crippen LogP contribution >= 0.6 is 0 Å². The van der Waals surface area contributed by atoms with Crippen molar-refractivity contribution in [2.45, 2.75) is 25.1 Å². The van der Waals surface area contributed by atoms with Crippen molar-refractivity contribution >= 4 is 5.91 Å². The van der Waals surface area contributed by atoms with Gasteiger partial charge >= 0.3 is 6.18 Å². The molecule has 1 saturated heterocycles. The molecule has 7 heteroatoms. The van der Waals surface area contributed by atoms with Gasteiger partial charge in [-0.25, -0.2) is 0 Å². The summed E-state index contributed by atoms with van der Waals surface area (Å²) in [5.41, 5.74) is 0. The smallest absolute Gasteiger partial charge is 0.389 e. The summed E-state index contributed by atoms with van der Waals surface area (Å²) in [6, 6.07) is 0. The van der Waals surface area contributed by atoms with Gasteiger partial charge < -0.3 is 14.7 Å². The van der Waals surface area contributed by atoms with Crippen molar-refractivity contribution in [3.8, 4) is 0 Å². The van der Waals surface area contributed by atoms with Crippen LogP contribution in [0.15, 0.2) is 0 Å². The van der Waals surface area contributed by atoms with E-state index in [9.17, 15) is 18.0 Å². The molecule has 1 aliphatic heterocycles. The number of carbonyl (C=O) groups is 1. The van der Waals surface area contributed by atoms with Gasteiger partial charge in [0.05, 0.1) is 25.7 Å². The molecule has 0 aromatic rings. The van der Waals surface area contributed by atoms with Gasteiger partial charge in [-0.05, 0) is 0 Å². The number of ether oxygens (including phenoxy) is 1. The Balaban J connectivity index is 2.36. The number of alkyl halides is 3. The van der Waals surface area contributed by atoms with Crippen LogP contribution in [0.5, 0.6) is 0 Å². The Labute approximate surface area is 91.0 Å². The topological polar surface area (TPSA) is 49.8 Å². The largest absolute Gasteiger partial charge is 0.394 e. The highest BCUT2D eigenvalue weighted by molar-refractivity contribution is 5.76. The highest BCUT2D eigenvalue weighted by Crippen LogP contribution is 2.22. The molecule has 1 fully saturated rings. The predicted octanol–water partition coefficient (Wildman–Crippen LogP) is 0.549. The molecule has 0 spiro atoms. The van der Waals surface area contributed by atoms with Crippen molar-refractivity contribution in [3.63, 3.8) is 0 Å². The number of hydrogen-bond donors (Lipinski definition) is 1. The van der Waals surface area contributed by atoms with Gasteiger partial charge in [0.1, 0.15) is 0 Å². The number of morpholine rings is 1. The van der Waals surface area contributed by atoms with Gasteiger partial charge in [-0.1, -0.05) is 0 Å². The van der Waals surface area contributed by atoms with Crippen molar-refractivity contribution < 1.29 is 27.8 Å². The molecule has 1 amide bonds. The van der Waals surface area contributed by atoms with Crippen molar-refractivity contribution in [3.05, 3.63) is 0 Å². The summed E-state index contributed by atoms with van der Waals surface area (Å²) < 4.78 is 40.8. The second-order valence-corrected chi connectivity index (χ2v) is 3.63. The zero-order valence-corrected chi connectivity index (χ0v) is 8.66. The quantitative estimate of drug-likeness (QED) is 0.785. The van der Waals surface area contributed by atoms with Gasteiger partial charge in [-0.2, -0.15) is 13.2 Å². The van der Waals surface area contributed by atoms with E-state index in [2.05, 4.69) is 0 Å². The lowest BCUT2D eigenvalue weighted by Gasteiger charge is -2.32. The fourth-order valence-electron chi connectivity index (χ4n) is 1.46. The first-order valence-electron chi connectivity index (χ1n) is 4.99. The van der Waals surface area contributed by atoms with E-state index in [1.165, 1.54) is 4.90 Å². The van der Waals surface area contributed by atoms with Crippen molar-refractivity contribution in [2.75, 3.05) is 26.3 Å². The maximum absolute atomic E-state index is 11.9. The molecule has 0 saturated carbocycles. The number of aliphatic hydroxyl groups is 1. The van der Waals surface area contributed by atoms with Gasteiger partial charge in [-0.15, -0.1) is 0 Å². The Morgan fingerprint density at radius 2 is 2.19 bits per heavy atom. The third-order valence-corrected chi connectivity index (χ3v) is 2.32. The SMILES string of the molecule is O=C(CCC(F)(F)F)N1CCOC(CO)C1. The zero-order chi connectivity index (χ0) is 12.2. The number of halogens is 3. The Kier molecular flexibility index (Phi) is 4.55. The van der Waals surface area contributed by atoms with E-state index in [1.807, 2.05) is 0 Å². The minimum Gasteiger partial charge on any atom is -0.394 e. The van der Waals surface area contributed by atoms with Crippen molar-refractivity contribution in [1.82, 2.24) is 4.90 Å². The predicted molar refractivity (Wildman–Crippen MR) is 48.7 cm³/mol. The van der Waals surface area contributed by atoms with Crippen LogP contribution in [0.2, 0.25) is 0 Å². The lowest BCUT2D eigenvalue weighted by molar-refractivity contribution is -0.153. The average Bonchev–Trinajstić information content (AvgIpc) is 2.25. The molecule has 0 bridgehead atoms. The summed E-state index contributed by atoms with van der Waals surface area (Å²) in [6.07, 6.45) is -6.43. The number of rotatable bonds is 3. The lowest BCUT2D eigenvalue weighted by Crippen LogP contribution is -2.47. The number of aliphatic hydroxyl groups excluding tert-OH is 1. The number of carbonyl (C=O) groups excluding carboxylic acids is 1. The van der Waals surface area contributed by atoms with Crippen LogP contribution in [0.4, 0.5) is 13.2 Å². The molecule has 1 heterocycles. The third-order valence-electron chi connectivity index (χ3n) is 2.32. The van der Waals surface area contributed by atoms with Crippen molar-refractivity contribution in [2.24, 2.45) is 0 Å². The first kappa shape index (κ1) is 13.2. The van der Waals surface area contributed by atoms with Crippen LogP contribution < -0.4 is 0 Å². The van der Waals surface area contributed by atoms with E-state index in [1.54, 1.807) is 0 Å². The molecule has 1 rings (SSSR count). The van der Waals surface area contributed by atoms with E-state index < -0.39 is 31.0 Å². The summed E-state index contributed by atoms with van der Waals surface area (Å²) in [5, 5.41) is 8.81. The summed E-state index contributed by atoms with van der Waals surface area (Å²) >= 11 is 0. The van der Waals surface area contributed by atoms with E-state index in [4.69, 9.17) is 9.84 Å². The Hall–Kier alpha value is -0.820. The summed E-state index contributed by atoms with van der Waals surface area (Å²) in [5.74, 6) is -0.543. The molecule has 0 aromatic heterocycles. The molecule has 0 aromatic carbocycles. The summed E-state index contributed by atoms with van der Waals surface area (Å²) in [4.78, 5) is 12.7. The average molecular weight is 241 g/mol. The van der Waals surface area contributed by atoms with Gasteiger partial charge in [0, 0.05) is 19.5 Å². The molecule has 0 radical (unpaired) electrons. The molecular formula is C9H14F3NO3. The molecule has 1 aliphatic rings. The monoisotopic (exact) mass is 241 g/mol. The Morgan fingerprint density at radius 3 is 2.75 bits per heavy atom. The standard InChI is InChI=1S/C9H14F3NO3/c10-9(11,12)2-1-8(15)13-3-4-16-7(5-13)6-14/h7,14H,1-6H2. The van der Waals surface area contributed by atoms with Gasteiger partial charge in [0.15, 0.2) is 0 Å². The van der Waals surface area contributed by atoms with Crippen LogP contribution in [0, 0.1) is 0 Å². The molecule has 1 N–H and O–H groups in total. The second kappa shape index (κ2) is 5.49. The van der Waals surface area contributed by atoms with Gasteiger partial charge in [0.25, 0.3) is 0 Å². The van der Waals surface area contributed by atoms with Gasteiger partial charge in [0.2, 0.25) is 5.91 Å². The summed E-state index contributed by atoms with van der Waals surface area (Å²) in [6.45, 7) is 0.465. The minimum absolute atomic E-state index is 0.160. The first-order valence-corrected chi connectivity index (χ1v) is 4.99. The Morgan fingerprint density at radius 1 is 1.50 bits per heavy atom. The molecule has 16 heavy (non-hydrogen) atoms. The van der Waals surface area contributed by atoms with Crippen LogP contribution in [0.25, 0.3) is 0 Å². The molecule has 1 atom stereocenters. The van der Waals surface area contributed by atoms with Crippen LogP contribution in [0.3, 0.4) is 0 Å². The number of amides is 1. The molecule has 94 valence electrons. The molecule has 1 unspecified atom stereocenters. The zero-order valence-electron chi connectivity index (χ0n) is 8.66. The third kappa shape index (κ3) is 4.36. The van der Waals surface area contributed by atoms with Crippen molar-refractivity contribution in [1.29, 1.82) is 0 Å². The normalized spacial score (nSPS) is 22.2. The van der Waals surface area contributed by atoms with E-state index in [0.29, 0.717) is 0 Å². The fraction of sp³-hybridized carbons (Fsp3) is 0.889. The molecular weight excluding hydrogens is 227 g/mol. The highest BCUT2D eigenvalue weighted by Gasteiger charge is 2.30. The number of nitrogens with zero attached hydrogens (tertiary/aromatic N) is 1. The second-order valence-electron chi connectivity index (χ2n) is 3.63.